The van der Waals surface area contributed by atoms with Crippen LogP contribution in [0.3, 0.4) is 0 Å². The number of benzene rings is 8. The first kappa shape index (κ1) is 33.4. The fourth-order valence-corrected chi connectivity index (χ4v) is 12.5. The Hall–Kier alpha value is -6.36. The van der Waals surface area contributed by atoms with Crippen molar-refractivity contribution >= 4 is 88.7 Å². The monoisotopic (exact) mass is 805 g/mol. The van der Waals surface area contributed by atoms with E-state index in [0.717, 1.165) is 73.8 Å². The average molecular weight is 806 g/mol. The van der Waals surface area contributed by atoms with Gasteiger partial charge in [0.25, 0.3) is 6.71 Å². The van der Waals surface area contributed by atoms with Crippen LogP contribution in [0.25, 0.3) is 42.4 Å². The Labute approximate surface area is 368 Å². The first-order chi connectivity index (χ1) is 30.8. The molecule has 0 unspecified atom stereocenters. The van der Waals surface area contributed by atoms with Crippen LogP contribution < -0.4 is 26.2 Å². The van der Waals surface area contributed by atoms with Crippen molar-refractivity contribution in [3.63, 3.8) is 0 Å². The second-order valence-corrected chi connectivity index (χ2v) is 19.8. The Morgan fingerprint density at radius 3 is 1.80 bits per heavy atom. The molecule has 3 aliphatic rings. The molecule has 0 amide bonds. The molecule has 0 atom stereocenters. The molecule has 3 heterocycles. The predicted octanol–water partition coefficient (Wildman–Crippen LogP) is 14.0. The molecular formula is C57H47BN2S. The van der Waals surface area contributed by atoms with Gasteiger partial charge in [-0.05, 0) is 140 Å². The van der Waals surface area contributed by atoms with Gasteiger partial charge in [0.05, 0.1) is 5.69 Å². The highest BCUT2D eigenvalue weighted by atomic mass is 32.1. The highest BCUT2D eigenvalue weighted by molar-refractivity contribution is 7.26. The van der Waals surface area contributed by atoms with E-state index in [-0.39, 0.29) is 17.5 Å². The molecule has 2 aliphatic heterocycles. The molecule has 0 saturated carbocycles. The molecule has 294 valence electrons. The SMILES string of the molecule is [2H]C([2H])([2H])c1cc2c3c(c1)N(c1cccc4sc5ccccc5c14)c1cc(-c4ccccc4)ccc1B3c1cc3c(cc1N2c1cc(-c2ccccc2)ccc1C)C(C)(C)CC3(C)C. The second-order valence-electron chi connectivity index (χ2n) is 18.7. The predicted molar refractivity (Wildman–Crippen MR) is 264 cm³/mol. The van der Waals surface area contributed by atoms with Crippen LogP contribution in [0, 0.1) is 13.8 Å². The van der Waals surface area contributed by atoms with Crippen LogP contribution in [-0.2, 0) is 10.8 Å². The molecule has 1 aliphatic carbocycles. The summed E-state index contributed by atoms with van der Waals surface area (Å²) in [7, 11) is 0. The summed E-state index contributed by atoms with van der Waals surface area (Å²) in [6.07, 6.45) is 1.04. The third-order valence-electron chi connectivity index (χ3n) is 13.8. The molecule has 8 aromatic carbocycles. The molecule has 12 rings (SSSR count). The van der Waals surface area contributed by atoms with Crippen molar-refractivity contribution in [1.29, 1.82) is 0 Å². The number of rotatable bonds is 4. The van der Waals surface area contributed by atoms with Gasteiger partial charge < -0.3 is 9.80 Å². The zero-order valence-electron chi connectivity index (χ0n) is 38.2. The van der Waals surface area contributed by atoms with Crippen LogP contribution in [-0.4, -0.2) is 6.71 Å². The van der Waals surface area contributed by atoms with Gasteiger partial charge in [0, 0.05) is 52.7 Å². The van der Waals surface area contributed by atoms with Gasteiger partial charge in [-0.25, -0.2) is 0 Å². The van der Waals surface area contributed by atoms with Crippen molar-refractivity contribution in [2.24, 2.45) is 0 Å². The minimum absolute atomic E-state index is 0.0353. The molecule has 9 aromatic rings. The largest absolute Gasteiger partial charge is 0.311 e. The Morgan fingerprint density at radius 1 is 0.508 bits per heavy atom. The first-order valence-corrected chi connectivity index (χ1v) is 22.3. The maximum Gasteiger partial charge on any atom is 0.252 e. The highest BCUT2D eigenvalue weighted by Crippen LogP contribution is 2.54. The van der Waals surface area contributed by atoms with Gasteiger partial charge in [-0.1, -0.05) is 143 Å². The van der Waals surface area contributed by atoms with Crippen molar-refractivity contribution in [2.75, 3.05) is 9.80 Å². The van der Waals surface area contributed by atoms with Gasteiger partial charge in [0.2, 0.25) is 0 Å². The minimum atomic E-state index is -2.38. The zero-order valence-corrected chi connectivity index (χ0v) is 36.0. The summed E-state index contributed by atoms with van der Waals surface area (Å²) in [5.74, 6) is 0. The molecule has 2 nitrogen and oxygen atoms in total. The van der Waals surface area contributed by atoms with E-state index in [1.165, 1.54) is 42.2 Å². The van der Waals surface area contributed by atoms with Crippen LogP contribution in [0.15, 0.2) is 164 Å². The van der Waals surface area contributed by atoms with Gasteiger partial charge in [-0.2, -0.15) is 0 Å². The molecule has 0 spiro atoms. The Kier molecular flexibility index (Phi) is 7.15. The molecule has 0 radical (unpaired) electrons. The summed E-state index contributed by atoms with van der Waals surface area (Å²) >= 11 is 1.80. The first-order valence-electron chi connectivity index (χ1n) is 23.0. The van der Waals surface area contributed by atoms with Crippen molar-refractivity contribution in [1.82, 2.24) is 0 Å². The van der Waals surface area contributed by atoms with E-state index in [9.17, 15) is 0 Å². The molecule has 61 heavy (non-hydrogen) atoms. The van der Waals surface area contributed by atoms with E-state index in [4.69, 9.17) is 4.11 Å². The van der Waals surface area contributed by atoms with E-state index >= 15 is 0 Å². The fourth-order valence-electron chi connectivity index (χ4n) is 11.4. The van der Waals surface area contributed by atoms with Crippen LogP contribution in [0.1, 0.15) is 60.5 Å². The second kappa shape index (κ2) is 13.1. The standard InChI is InChI=1S/C57H47BN2S/c1-35-28-50-55-51(29-35)60(47-30-39(25-24-36(47)2)37-16-9-7-10-17-37)49-33-43-42(56(3,4)34-57(43,5)6)32-45(49)58(55)44-27-26-40(38-18-11-8-12-19-38)31-48(44)59(50)46-21-15-23-53-54(46)41-20-13-14-22-52(41)61-53/h7-33H,34H2,1-6H3/i1D3. The molecule has 0 fully saturated rings. The van der Waals surface area contributed by atoms with E-state index in [0.29, 0.717) is 5.56 Å². The third kappa shape index (κ3) is 5.41. The normalized spacial score (nSPS) is 16.4. The van der Waals surface area contributed by atoms with Gasteiger partial charge >= 0.3 is 0 Å². The Balaban J connectivity index is 1.24. The number of fused-ring (bicyclic) bond motifs is 8. The van der Waals surface area contributed by atoms with Crippen molar-refractivity contribution in [3.05, 3.63) is 186 Å². The van der Waals surface area contributed by atoms with Gasteiger partial charge in [0.1, 0.15) is 0 Å². The van der Waals surface area contributed by atoms with E-state index < -0.39 is 6.85 Å². The van der Waals surface area contributed by atoms with Crippen molar-refractivity contribution in [3.8, 4) is 22.3 Å². The smallest absolute Gasteiger partial charge is 0.252 e. The molecule has 0 bridgehead atoms. The van der Waals surface area contributed by atoms with E-state index in [2.05, 4.69) is 196 Å². The molecule has 1 aromatic heterocycles. The number of thiophene rings is 1. The van der Waals surface area contributed by atoms with Gasteiger partial charge in [0.15, 0.2) is 0 Å². The average Bonchev–Trinajstić information content (AvgIpc) is 3.76. The summed E-state index contributed by atoms with van der Waals surface area (Å²) in [5, 5.41) is 2.37. The van der Waals surface area contributed by atoms with Crippen molar-refractivity contribution in [2.45, 2.75) is 58.7 Å². The lowest BCUT2D eigenvalue weighted by Crippen LogP contribution is -2.61. The topological polar surface area (TPSA) is 6.48 Å². The van der Waals surface area contributed by atoms with E-state index in [1.807, 2.05) is 12.1 Å². The van der Waals surface area contributed by atoms with Crippen molar-refractivity contribution < 1.29 is 4.11 Å². The third-order valence-corrected chi connectivity index (χ3v) is 15.0. The lowest BCUT2D eigenvalue weighted by atomic mass is 9.33. The molecule has 4 heteroatoms. The Morgan fingerprint density at radius 2 is 1.10 bits per heavy atom. The van der Waals surface area contributed by atoms with E-state index in [1.54, 1.807) is 11.3 Å². The summed E-state index contributed by atoms with van der Waals surface area (Å²) in [5.41, 5.74) is 18.3. The maximum atomic E-state index is 9.10. The highest BCUT2D eigenvalue weighted by Gasteiger charge is 2.48. The number of aryl methyl sites for hydroxylation is 2. The number of nitrogens with zero attached hydrogens (tertiary/aromatic N) is 2. The van der Waals surface area contributed by atoms with Crippen LogP contribution in [0.2, 0.25) is 0 Å². The van der Waals surface area contributed by atoms with Gasteiger partial charge in [-0.3, -0.25) is 0 Å². The lowest BCUT2D eigenvalue weighted by Gasteiger charge is -2.45. The summed E-state index contributed by atoms with van der Waals surface area (Å²) < 4.78 is 29.7. The molecule has 0 saturated heterocycles. The summed E-state index contributed by atoms with van der Waals surface area (Å²) in [6, 6.07) is 59.2. The summed E-state index contributed by atoms with van der Waals surface area (Å²) in [4.78, 5) is 4.83. The number of anilines is 6. The number of hydrogen-bond donors (Lipinski definition) is 0. The quantitative estimate of drug-likeness (QED) is 0.164. The minimum Gasteiger partial charge on any atom is -0.311 e. The van der Waals surface area contributed by atoms with Crippen LogP contribution in [0.5, 0.6) is 0 Å². The maximum absolute atomic E-state index is 9.10. The fraction of sp³-hybridized carbons (Fsp3) is 0.158. The zero-order chi connectivity index (χ0) is 43.9. The lowest BCUT2D eigenvalue weighted by molar-refractivity contribution is 0.403. The van der Waals surface area contributed by atoms with Crippen LogP contribution in [0.4, 0.5) is 34.1 Å². The molecular weight excluding hydrogens is 756 g/mol. The Bertz CT molecular complexity index is 3390. The van der Waals surface area contributed by atoms with Crippen LogP contribution >= 0.6 is 11.3 Å². The number of hydrogen-bond acceptors (Lipinski definition) is 3. The molecule has 0 N–H and O–H groups in total. The van der Waals surface area contributed by atoms with Gasteiger partial charge in [-0.15, -0.1) is 11.3 Å². The summed E-state index contributed by atoms with van der Waals surface area (Å²) in [6.45, 7) is 9.21.